The third-order valence-corrected chi connectivity index (χ3v) is 4.75. The van der Waals surface area contributed by atoms with Gasteiger partial charge in [-0.15, -0.1) is 0 Å². The molecule has 26 heavy (non-hydrogen) atoms. The average molecular weight is 350 g/mol. The van der Waals surface area contributed by atoms with E-state index in [0.29, 0.717) is 6.54 Å². The van der Waals surface area contributed by atoms with Crippen molar-refractivity contribution in [3.05, 3.63) is 59.5 Å². The van der Waals surface area contributed by atoms with Crippen molar-refractivity contribution in [2.75, 3.05) is 20.8 Å². The Morgan fingerprint density at radius 2 is 2.08 bits per heavy atom. The molecular weight excluding hydrogens is 328 g/mol. The molecule has 4 rings (SSSR count). The number of nitrogens with zero attached hydrogens (tertiary/aromatic N) is 3. The lowest BCUT2D eigenvalue weighted by Crippen LogP contribution is -2.25. The van der Waals surface area contributed by atoms with Crippen molar-refractivity contribution in [2.45, 2.75) is 19.5 Å². The van der Waals surface area contributed by atoms with Crippen LogP contribution in [0.4, 0.5) is 0 Å². The minimum Gasteiger partial charge on any atom is -0.493 e. The Hall–Kier alpha value is -2.86. The predicted octanol–water partition coefficient (Wildman–Crippen LogP) is 2.66. The highest BCUT2D eigenvalue weighted by Gasteiger charge is 2.22. The van der Waals surface area contributed by atoms with Crippen molar-refractivity contribution in [3.8, 4) is 22.8 Å². The maximum absolute atomic E-state index is 5.59. The average Bonchev–Trinajstić information content (AvgIpc) is 3.07. The summed E-state index contributed by atoms with van der Waals surface area (Å²) in [6.07, 6.45) is 4.61. The SMILES string of the molecule is COc1cccc(Cn2nc(-c3cccnc3)c3c2CCNC3)c1OC. The normalized spacial score (nSPS) is 13.3. The van der Waals surface area contributed by atoms with E-state index in [9.17, 15) is 0 Å². The van der Waals surface area contributed by atoms with Gasteiger partial charge < -0.3 is 14.8 Å². The third-order valence-electron chi connectivity index (χ3n) is 4.75. The predicted molar refractivity (Wildman–Crippen MR) is 99.5 cm³/mol. The number of pyridine rings is 1. The molecule has 1 aromatic carbocycles. The topological polar surface area (TPSA) is 61.2 Å². The van der Waals surface area contributed by atoms with E-state index >= 15 is 0 Å². The summed E-state index contributed by atoms with van der Waals surface area (Å²) in [6, 6.07) is 9.95. The van der Waals surface area contributed by atoms with Crippen LogP contribution in [0.15, 0.2) is 42.7 Å². The van der Waals surface area contributed by atoms with E-state index in [0.717, 1.165) is 47.8 Å². The molecule has 3 heterocycles. The number of fused-ring (bicyclic) bond motifs is 1. The molecule has 1 aliphatic heterocycles. The number of benzene rings is 1. The first-order valence-electron chi connectivity index (χ1n) is 8.71. The molecule has 1 N–H and O–H groups in total. The highest BCUT2D eigenvalue weighted by molar-refractivity contribution is 5.63. The van der Waals surface area contributed by atoms with Crippen molar-refractivity contribution >= 4 is 0 Å². The van der Waals surface area contributed by atoms with Crippen LogP contribution in [0.3, 0.4) is 0 Å². The van der Waals surface area contributed by atoms with Crippen LogP contribution in [0.5, 0.6) is 11.5 Å². The minimum atomic E-state index is 0.642. The molecule has 0 bridgehead atoms. The van der Waals surface area contributed by atoms with E-state index < -0.39 is 0 Å². The Kier molecular flexibility index (Phi) is 4.58. The summed E-state index contributed by atoms with van der Waals surface area (Å²) in [4.78, 5) is 4.25. The van der Waals surface area contributed by atoms with Crippen molar-refractivity contribution in [3.63, 3.8) is 0 Å². The van der Waals surface area contributed by atoms with Gasteiger partial charge in [-0.1, -0.05) is 12.1 Å². The van der Waals surface area contributed by atoms with Crippen LogP contribution in [0.2, 0.25) is 0 Å². The summed E-state index contributed by atoms with van der Waals surface area (Å²) in [5, 5.41) is 8.38. The molecule has 0 amide bonds. The lowest BCUT2D eigenvalue weighted by Gasteiger charge is -2.17. The molecule has 0 atom stereocenters. The second-order valence-electron chi connectivity index (χ2n) is 6.25. The molecule has 0 spiro atoms. The molecule has 1 aliphatic rings. The van der Waals surface area contributed by atoms with Crippen LogP contribution >= 0.6 is 0 Å². The number of para-hydroxylation sites is 1. The van der Waals surface area contributed by atoms with Crippen molar-refractivity contribution < 1.29 is 9.47 Å². The number of methoxy groups -OCH3 is 2. The molecule has 0 unspecified atom stereocenters. The number of hydrogen-bond acceptors (Lipinski definition) is 5. The first-order chi connectivity index (χ1) is 12.8. The maximum Gasteiger partial charge on any atom is 0.165 e. The van der Waals surface area contributed by atoms with E-state index in [1.165, 1.54) is 11.3 Å². The molecule has 0 radical (unpaired) electrons. The highest BCUT2D eigenvalue weighted by Crippen LogP contribution is 2.33. The zero-order chi connectivity index (χ0) is 17.9. The molecule has 0 fully saturated rings. The summed E-state index contributed by atoms with van der Waals surface area (Å²) in [7, 11) is 3.33. The Bertz CT molecular complexity index is 906. The van der Waals surface area contributed by atoms with Crippen LogP contribution in [0, 0.1) is 0 Å². The Labute approximate surface area is 152 Å². The standard InChI is InChI=1S/C20H22N4O2/c1-25-18-7-3-5-15(20(18)26-2)13-24-17-8-10-22-12-16(17)19(23-24)14-6-4-9-21-11-14/h3-7,9,11,22H,8,10,12-13H2,1-2H3. The second kappa shape index (κ2) is 7.17. The summed E-state index contributed by atoms with van der Waals surface area (Å²) in [6.45, 7) is 2.43. The number of hydrogen-bond donors (Lipinski definition) is 1. The number of rotatable bonds is 5. The van der Waals surface area contributed by atoms with Crippen molar-refractivity contribution in [1.82, 2.24) is 20.1 Å². The summed E-state index contributed by atoms with van der Waals surface area (Å²) in [5.74, 6) is 1.50. The largest absolute Gasteiger partial charge is 0.493 e. The van der Waals surface area contributed by atoms with Gasteiger partial charge >= 0.3 is 0 Å². The summed E-state index contributed by atoms with van der Waals surface area (Å²) < 4.78 is 13.1. The van der Waals surface area contributed by atoms with Gasteiger partial charge in [-0.3, -0.25) is 9.67 Å². The second-order valence-corrected chi connectivity index (χ2v) is 6.25. The van der Waals surface area contributed by atoms with Gasteiger partial charge in [0.1, 0.15) is 0 Å². The van der Waals surface area contributed by atoms with E-state index in [1.54, 1.807) is 20.4 Å². The van der Waals surface area contributed by atoms with Gasteiger partial charge in [-0.25, -0.2) is 0 Å². The van der Waals surface area contributed by atoms with Crippen molar-refractivity contribution in [2.24, 2.45) is 0 Å². The lowest BCUT2D eigenvalue weighted by molar-refractivity contribution is 0.350. The fraction of sp³-hybridized carbons (Fsp3) is 0.300. The van der Waals surface area contributed by atoms with E-state index in [2.05, 4.69) is 27.1 Å². The zero-order valence-corrected chi connectivity index (χ0v) is 15.0. The Morgan fingerprint density at radius 1 is 1.15 bits per heavy atom. The molecule has 0 aliphatic carbocycles. The molecule has 3 aromatic rings. The molecule has 134 valence electrons. The van der Waals surface area contributed by atoms with Gasteiger partial charge in [0.05, 0.1) is 26.5 Å². The van der Waals surface area contributed by atoms with Gasteiger partial charge in [-0.05, 0) is 18.2 Å². The third kappa shape index (κ3) is 2.93. The van der Waals surface area contributed by atoms with Gasteiger partial charge in [0, 0.05) is 54.3 Å². The molecule has 0 saturated heterocycles. The number of aromatic nitrogens is 3. The molecule has 6 nitrogen and oxygen atoms in total. The minimum absolute atomic E-state index is 0.642. The van der Waals surface area contributed by atoms with Crippen LogP contribution in [-0.4, -0.2) is 35.5 Å². The number of ether oxygens (including phenoxy) is 2. The molecular formula is C20H22N4O2. The monoisotopic (exact) mass is 350 g/mol. The molecule has 0 saturated carbocycles. The fourth-order valence-corrected chi connectivity index (χ4v) is 3.52. The van der Waals surface area contributed by atoms with Gasteiger partial charge in [0.25, 0.3) is 0 Å². The van der Waals surface area contributed by atoms with E-state index in [4.69, 9.17) is 14.6 Å². The molecule has 2 aromatic heterocycles. The maximum atomic E-state index is 5.59. The smallest absolute Gasteiger partial charge is 0.165 e. The summed E-state index contributed by atoms with van der Waals surface area (Å²) >= 11 is 0. The van der Waals surface area contributed by atoms with Gasteiger partial charge in [-0.2, -0.15) is 5.10 Å². The quantitative estimate of drug-likeness (QED) is 0.766. The number of nitrogens with one attached hydrogen (secondary N) is 1. The van der Waals surface area contributed by atoms with Gasteiger partial charge in [0.2, 0.25) is 0 Å². The van der Waals surface area contributed by atoms with Crippen LogP contribution in [0.25, 0.3) is 11.3 Å². The van der Waals surface area contributed by atoms with E-state index in [1.807, 2.05) is 24.4 Å². The lowest BCUT2D eigenvalue weighted by atomic mass is 10.0. The Morgan fingerprint density at radius 3 is 2.85 bits per heavy atom. The van der Waals surface area contributed by atoms with Crippen LogP contribution in [-0.2, 0) is 19.5 Å². The summed E-state index contributed by atoms with van der Waals surface area (Å²) in [5.41, 5.74) is 5.62. The Balaban J connectivity index is 1.78. The van der Waals surface area contributed by atoms with Crippen LogP contribution in [0.1, 0.15) is 16.8 Å². The first kappa shape index (κ1) is 16.6. The van der Waals surface area contributed by atoms with Gasteiger partial charge in [0.15, 0.2) is 11.5 Å². The fourth-order valence-electron chi connectivity index (χ4n) is 3.52. The van der Waals surface area contributed by atoms with E-state index in [-0.39, 0.29) is 0 Å². The molecule has 6 heteroatoms. The van der Waals surface area contributed by atoms with Crippen LogP contribution < -0.4 is 14.8 Å². The first-order valence-corrected chi connectivity index (χ1v) is 8.71. The zero-order valence-electron chi connectivity index (χ0n) is 15.0. The van der Waals surface area contributed by atoms with Crippen molar-refractivity contribution in [1.29, 1.82) is 0 Å². The highest BCUT2D eigenvalue weighted by atomic mass is 16.5.